The summed E-state index contributed by atoms with van der Waals surface area (Å²) in [6.07, 6.45) is 4.35. The molecule has 1 aromatic rings. The minimum absolute atomic E-state index is 0.328. The molecule has 0 aromatic carbocycles. The summed E-state index contributed by atoms with van der Waals surface area (Å²) in [7, 11) is -0.398. The Balaban J connectivity index is 1.93. The highest BCUT2D eigenvalue weighted by molar-refractivity contribution is 14.1. The van der Waals surface area contributed by atoms with Gasteiger partial charge in [0.15, 0.2) is 5.75 Å². The summed E-state index contributed by atoms with van der Waals surface area (Å²) in [5.74, 6) is 0.814. The second-order valence-corrected chi connectivity index (χ2v) is 7.45. The fraction of sp³-hybridized carbons (Fsp3) is 0.643. The highest BCUT2D eigenvalue weighted by Crippen LogP contribution is 2.38. The lowest BCUT2D eigenvalue weighted by atomic mass is 9.79. The summed E-state index contributed by atoms with van der Waals surface area (Å²) in [4.78, 5) is 4.32. The second kappa shape index (κ2) is 4.85. The molecule has 108 valence electrons. The van der Waals surface area contributed by atoms with Crippen LogP contribution in [0.4, 0.5) is 0 Å². The summed E-state index contributed by atoms with van der Waals surface area (Å²) in [6, 6.07) is 1.93. The number of hydrogen-bond donors (Lipinski definition) is 0. The van der Waals surface area contributed by atoms with Gasteiger partial charge in [0.05, 0.1) is 17.3 Å². The lowest BCUT2D eigenvalue weighted by Crippen LogP contribution is -2.41. The Labute approximate surface area is 133 Å². The lowest BCUT2D eigenvalue weighted by Gasteiger charge is -2.32. The molecule has 1 saturated carbocycles. The zero-order chi connectivity index (χ0) is 14.5. The monoisotopic (exact) mass is 387 g/mol. The first kappa shape index (κ1) is 14.6. The number of pyridine rings is 1. The van der Waals surface area contributed by atoms with Crippen molar-refractivity contribution in [1.29, 1.82) is 0 Å². The molecule has 20 heavy (non-hydrogen) atoms. The molecule has 1 aliphatic carbocycles. The number of ether oxygens (including phenoxy) is 1. The van der Waals surface area contributed by atoms with E-state index in [2.05, 4.69) is 55.3 Å². The Bertz CT molecular complexity index is 515. The van der Waals surface area contributed by atoms with Crippen molar-refractivity contribution in [2.24, 2.45) is 0 Å². The van der Waals surface area contributed by atoms with Gasteiger partial charge in [-0.25, -0.2) is 4.98 Å². The van der Waals surface area contributed by atoms with Gasteiger partial charge < -0.3 is 14.0 Å². The predicted octanol–water partition coefficient (Wildman–Crippen LogP) is 2.53. The topological polar surface area (TPSA) is 40.6 Å². The first-order valence-electron chi connectivity index (χ1n) is 6.97. The van der Waals surface area contributed by atoms with Gasteiger partial charge in [0, 0.05) is 11.7 Å². The van der Waals surface area contributed by atoms with E-state index in [0.29, 0.717) is 6.10 Å². The largest absolute Gasteiger partial charge is 0.498 e. The SMILES string of the molecule is CC1(C)OB(c2ccnc(I)c2OC2CC2)OC1(C)C. The molecule has 0 spiro atoms. The van der Waals surface area contributed by atoms with Crippen molar-refractivity contribution in [2.45, 2.75) is 57.8 Å². The Hall–Kier alpha value is -0.335. The zero-order valence-corrected chi connectivity index (χ0v) is 14.4. The molecule has 1 aliphatic heterocycles. The standard InChI is InChI=1S/C14H19BINO3/c1-13(2)14(3,4)20-15(19-13)10-7-8-17-12(16)11(10)18-9-5-6-9/h7-9H,5-6H2,1-4H3. The van der Waals surface area contributed by atoms with Gasteiger partial charge in [-0.2, -0.15) is 0 Å². The van der Waals surface area contributed by atoms with Crippen LogP contribution in [0.25, 0.3) is 0 Å². The van der Waals surface area contributed by atoms with E-state index in [-0.39, 0.29) is 11.2 Å². The van der Waals surface area contributed by atoms with E-state index < -0.39 is 7.12 Å². The molecule has 6 heteroatoms. The third kappa shape index (κ3) is 2.57. The van der Waals surface area contributed by atoms with Crippen molar-refractivity contribution in [3.8, 4) is 5.75 Å². The summed E-state index contributed by atoms with van der Waals surface area (Å²) < 4.78 is 19.1. The number of nitrogens with zero attached hydrogens (tertiary/aromatic N) is 1. The fourth-order valence-electron chi connectivity index (χ4n) is 2.06. The summed E-state index contributed by atoms with van der Waals surface area (Å²) in [6.45, 7) is 8.22. The van der Waals surface area contributed by atoms with Gasteiger partial charge in [-0.1, -0.05) is 0 Å². The third-order valence-corrected chi connectivity index (χ3v) is 4.98. The Kier molecular flexibility index (Phi) is 3.54. The van der Waals surface area contributed by atoms with Crippen LogP contribution in [-0.2, 0) is 9.31 Å². The molecule has 1 aromatic heterocycles. The van der Waals surface area contributed by atoms with E-state index in [1.165, 1.54) is 0 Å². The molecule has 0 bridgehead atoms. The van der Waals surface area contributed by atoms with Crippen LogP contribution in [0.2, 0.25) is 0 Å². The van der Waals surface area contributed by atoms with E-state index in [4.69, 9.17) is 14.0 Å². The van der Waals surface area contributed by atoms with Gasteiger partial charge in [-0.15, -0.1) is 0 Å². The van der Waals surface area contributed by atoms with Crippen LogP contribution in [0.3, 0.4) is 0 Å². The molecule has 0 N–H and O–H groups in total. The van der Waals surface area contributed by atoms with Gasteiger partial charge in [-0.05, 0) is 69.2 Å². The summed E-state index contributed by atoms with van der Waals surface area (Å²) in [5, 5.41) is 0. The van der Waals surface area contributed by atoms with Gasteiger partial charge in [0.2, 0.25) is 0 Å². The number of aromatic nitrogens is 1. The predicted molar refractivity (Wildman–Crippen MR) is 86.3 cm³/mol. The average Bonchev–Trinajstić information content (AvgIpc) is 3.10. The van der Waals surface area contributed by atoms with Crippen molar-refractivity contribution in [1.82, 2.24) is 4.98 Å². The smallest absolute Gasteiger partial charge is 0.488 e. The molecule has 1 saturated heterocycles. The Morgan fingerprint density at radius 3 is 2.40 bits per heavy atom. The summed E-state index contributed by atoms with van der Waals surface area (Å²) >= 11 is 2.20. The Morgan fingerprint density at radius 1 is 1.25 bits per heavy atom. The van der Waals surface area contributed by atoms with E-state index in [1.54, 1.807) is 6.20 Å². The molecule has 0 amide bonds. The number of rotatable bonds is 3. The molecule has 0 unspecified atom stereocenters. The van der Waals surface area contributed by atoms with Crippen molar-refractivity contribution in [3.63, 3.8) is 0 Å². The van der Waals surface area contributed by atoms with Crippen LogP contribution in [0.5, 0.6) is 5.75 Å². The average molecular weight is 387 g/mol. The van der Waals surface area contributed by atoms with Gasteiger partial charge in [-0.3, -0.25) is 0 Å². The molecule has 2 aliphatic rings. The molecular formula is C14H19BINO3. The van der Waals surface area contributed by atoms with Crippen LogP contribution in [0, 0.1) is 3.70 Å². The van der Waals surface area contributed by atoms with Crippen LogP contribution in [0.1, 0.15) is 40.5 Å². The normalized spacial score (nSPS) is 23.9. The van der Waals surface area contributed by atoms with E-state index >= 15 is 0 Å². The molecule has 0 atom stereocenters. The fourth-order valence-corrected chi connectivity index (χ4v) is 2.66. The van der Waals surface area contributed by atoms with Crippen molar-refractivity contribution in [2.75, 3.05) is 0 Å². The van der Waals surface area contributed by atoms with Crippen LogP contribution in [0.15, 0.2) is 12.3 Å². The molecule has 2 heterocycles. The quantitative estimate of drug-likeness (QED) is 0.454. The highest BCUT2D eigenvalue weighted by atomic mass is 127. The highest BCUT2D eigenvalue weighted by Gasteiger charge is 2.52. The third-order valence-electron chi connectivity index (χ3n) is 4.21. The number of halogens is 1. The van der Waals surface area contributed by atoms with E-state index in [0.717, 1.165) is 27.8 Å². The first-order valence-corrected chi connectivity index (χ1v) is 8.05. The van der Waals surface area contributed by atoms with Crippen LogP contribution in [-0.4, -0.2) is 29.4 Å². The second-order valence-electron chi connectivity index (χ2n) is 6.43. The maximum Gasteiger partial charge on any atom is 0.498 e. The van der Waals surface area contributed by atoms with Gasteiger partial charge in [0.1, 0.15) is 3.70 Å². The summed E-state index contributed by atoms with van der Waals surface area (Å²) in [5.41, 5.74) is 0.252. The van der Waals surface area contributed by atoms with Crippen LogP contribution < -0.4 is 10.2 Å². The molecular weight excluding hydrogens is 368 g/mol. The Morgan fingerprint density at radius 2 is 1.85 bits per heavy atom. The minimum Gasteiger partial charge on any atom is -0.488 e. The maximum absolute atomic E-state index is 6.11. The van der Waals surface area contributed by atoms with Gasteiger partial charge in [0.25, 0.3) is 0 Å². The number of hydrogen-bond acceptors (Lipinski definition) is 4. The molecule has 0 radical (unpaired) electrons. The minimum atomic E-state index is -0.398. The molecule has 4 nitrogen and oxygen atoms in total. The maximum atomic E-state index is 6.11. The molecule has 2 fully saturated rings. The van der Waals surface area contributed by atoms with E-state index in [9.17, 15) is 0 Å². The van der Waals surface area contributed by atoms with Gasteiger partial charge >= 0.3 is 7.12 Å². The van der Waals surface area contributed by atoms with Crippen molar-refractivity contribution in [3.05, 3.63) is 16.0 Å². The first-order chi connectivity index (χ1) is 9.30. The van der Waals surface area contributed by atoms with Crippen molar-refractivity contribution < 1.29 is 14.0 Å². The van der Waals surface area contributed by atoms with Crippen LogP contribution >= 0.6 is 22.6 Å². The van der Waals surface area contributed by atoms with E-state index in [1.807, 2.05) is 6.07 Å². The zero-order valence-electron chi connectivity index (χ0n) is 12.3. The van der Waals surface area contributed by atoms with Crippen molar-refractivity contribution >= 4 is 35.2 Å². The molecule has 3 rings (SSSR count). The lowest BCUT2D eigenvalue weighted by molar-refractivity contribution is 0.00578.